The molecule has 4 rings (SSSR count). The molecule has 2 aromatic rings. The Morgan fingerprint density at radius 1 is 1.32 bits per heavy atom. The van der Waals surface area contributed by atoms with Crippen LogP contribution in [0.1, 0.15) is 24.8 Å². The summed E-state index contributed by atoms with van der Waals surface area (Å²) in [7, 11) is 2.04. The number of piperidine rings is 1. The van der Waals surface area contributed by atoms with E-state index in [1.165, 1.54) is 16.5 Å². The third kappa shape index (κ3) is 2.80. The lowest BCUT2D eigenvalue weighted by molar-refractivity contribution is -0.144. The molecule has 1 aromatic carbocycles. The van der Waals surface area contributed by atoms with E-state index >= 15 is 0 Å². The van der Waals surface area contributed by atoms with Gasteiger partial charge in [-0.3, -0.25) is 14.5 Å². The molecule has 0 bridgehead atoms. The predicted octanol–water partition coefficient (Wildman–Crippen LogP) is 1.73. The molecule has 2 N–H and O–H groups in total. The van der Waals surface area contributed by atoms with Gasteiger partial charge >= 0.3 is 5.97 Å². The van der Waals surface area contributed by atoms with Crippen molar-refractivity contribution in [3.8, 4) is 0 Å². The maximum absolute atomic E-state index is 11.7. The minimum Gasteiger partial charge on any atom is -0.481 e. The number of carbonyl (C=O) groups is 2. The molecule has 0 radical (unpaired) electrons. The van der Waals surface area contributed by atoms with Gasteiger partial charge in [0.2, 0.25) is 5.91 Å². The number of carbonyl (C=O) groups excluding carboxylic acids is 1. The fourth-order valence-electron chi connectivity index (χ4n) is 4.39. The van der Waals surface area contributed by atoms with Crippen molar-refractivity contribution >= 4 is 22.8 Å². The highest BCUT2D eigenvalue weighted by atomic mass is 16.4. The van der Waals surface area contributed by atoms with Crippen molar-refractivity contribution in [1.29, 1.82) is 0 Å². The number of aliphatic carboxylic acids is 1. The second-order valence-corrected chi connectivity index (χ2v) is 7.40. The van der Waals surface area contributed by atoms with Crippen molar-refractivity contribution < 1.29 is 14.7 Å². The van der Waals surface area contributed by atoms with Crippen LogP contribution in [0.4, 0.5) is 0 Å². The Bertz CT molecular complexity index is 834. The molecule has 1 spiro atoms. The van der Waals surface area contributed by atoms with Gasteiger partial charge in [0.1, 0.15) is 0 Å². The van der Waals surface area contributed by atoms with Crippen LogP contribution in [0, 0.1) is 5.92 Å². The second-order valence-electron chi connectivity index (χ2n) is 7.40. The Labute approximate surface area is 146 Å². The number of hydrogen-bond acceptors (Lipinski definition) is 3. The number of amides is 1. The summed E-state index contributed by atoms with van der Waals surface area (Å²) in [5.41, 5.74) is 1.93. The van der Waals surface area contributed by atoms with Crippen molar-refractivity contribution in [1.82, 2.24) is 14.8 Å². The standard InChI is InChI=1S/C19H23N3O3/c1-21-7-4-14-10-13(2-3-16(14)21)12-22-8-5-19(6-9-22)15(18(24)25)11-17(23)20-19/h2-4,7,10,15H,5-6,8-9,11-12H2,1H3,(H,20,23)(H,24,25). The van der Waals surface area contributed by atoms with Gasteiger partial charge in [-0.1, -0.05) is 6.07 Å². The lowest BCUT2D eigenvalue weighted by Crippen LogP contribution is -2.55. The van der Waals surface area contributed by atoms with Crippen LogP contribution in [0.5, 0.6) is 0 Å². The molecule has 0 saturated carbocycles. The number of carboxylic acids is 1. The van der Waals surface area contributed by atoms with Crippen LogP contribution < -0.4 is 5.32 Å². The van der Waals surface area contributed by atoms with Crippen LogP contribution in [0.25, 0.3) is 10.9 Å². The molecule has 1 aromatic heterocycles. The molecule has 25 heavy (non-hydrogen) atoms. The van der Waals surface area contributed by atoms with E-state index in [2.05, 4.69) is 45.2 Å². The monoisotopic (exact) mass is 341 g/mol. The molecule has 0 aliphatic carbocycles. The topological polar surface area (TPSA) is 74.6 Å². The van der Waals surface area contributed by atoms with Gasteiger partial charge in [0.25, 0.3) is 0 Å². The molecule has 1 amide bonds. The van der Waals surface area contributed by atoms with E-state index < -0.39 is 17.4 Å². The first-order valence-electron chi connectivity index (χ1n) is 8.77. The first-order valence-corrected chi connectivity index (χ1v) is 8.77. The maximum atomic E-state index is 11.7. The molecule has 1 atom stereocenters. The lowest BCUT2D eigenvalue weighted by Gasteiger charge is -2.41. The van der Waals surface area contributed by atoms with E-state index in [1.54, 1.807) is 0 Å². The molecular formula is C19H23N3O3. The number of aromatic nitrogens is 1. The number of benzene rings is 1. The molecule has 2 aliphatic heterocycles. The molecule has 1 unspecified atom stereocenters. The zero-order valence-electron chi connectivity index (χ0n) is 14.4. The number of likely N-dealkylation sites (tertiary alicyclic amines) is 1. The van der Waals surface area contributed by atoms with Gasteiger partial charge in [0.15, 0.2) is 0 Å². The van der Waals surface area contributed by atoms with Crippen molar-refractivity contribution in [2.75, 3.05) is 13.1 Å². The maximum Gasteiger partial charge on any atom is 0.309 e. The zero-order chi connectivity index (χ0) is 17.6. The second kappa shape index (κ2) is 5.88. The van der Waals surface area contributed by atoms with Crippen molar-refractivity contribution in [2.24, 2.45) is 13.0 Å². The van der Waals surface area contributed by atoms with Gasteiger partial charge in [-0.15, -0.1) is 0 Å². The number of rotatable bonds is 3. The third-order valence-electron chi connectivity index (χ3n) is 5.85. The number of hydrogen-bond donors (Lipinski definition) is 2. The fraction of sp³-hybridized carbons (Fsp3) is 0.474. The minimum atomic E-state index is -0.860. The number of fused-ring (bicyclic) bond motifs is 1. The van der Waals surface area contributed by atoms with Gasteiger partial charge in [-0.05, 0) is 42.0 Å². The summed E-state index contributed by atoms with van der Waals surface area (Å²) < 4.78 is 2.11. The molecule has 3 heterocycles. The summed E-state index contributed by atoms with van der Waals surface area (Å²) in [6, 6.07) is 8.64. The number of nitrogens with one attached hydrogen (secondary N) is 1. The quantitative estimate of drug-likeness (QED) is 0.892. The Morgan fingerprint density at radius 3 is 2.80 bits per heavy atom. The van der Waals surface area contributed by atoms with Crippen LogP contribution in [0.3, 0.4) is 0 Å². The third-order valence-corrected chi connectivity index (χ3v) is 5.85. The van der Waals surface area contributed by atoms with Crippen LogP contribution in [-0.2, 0) is 23.2 Å². The molecular weight excluding hydrogens is 318 g/mol. The smallest absolute Gasteiger partial charge is 0.309 e. The van der Waals surface area contributed by atoms with Crippen LogP contribution >= 0.6 is 0 Å². The zero-order valence-corrected chi connectivity index (χ0v) is 14.4. The van der Waals surface area contributed by atoms with Crippen molar-refractivity contribution in [3.05, 3.63) is 36.0 Å². The van der Waals surface area contributed by atoms with E-state index in [0.717, 1.165) is 19.6 Å². The fourth-order valence-corrected chi connectivity index (χ4v) is 4.39. The summed E-state index contributed by atoms with van der Waals surface area (Å²) in [6.45, 7) is 2.46. The Morgan fingerprint density at radius 2 is 2.08 bits per heavy atom. The highest BCUT2D eigenvalue weighted by Gasteiger charge is 2.51. The summed E-state index contributed by atoms with van der Waals surface area (Å²) >= 11 is 0. The van der Waals surface area contributed by atoms with Crippen molar-refractivity contribution in [2.45, 2.75) is 31.3 Å². The molecule has 2 saturated heterocycles. The summed E-state index contributed by atoms with van der Waals surface area (Å²) in [6.07, 6.45) is 3.57. The Hall–Kier alpha value is -2.34. The average molecular weight is 341 g/mol. The minimum absolute atomic E-state index is 0.111. The van der Waals surface area contributed by atoms with E-state index in [9.17, 15) is 14.7 Å². The summed E-state index contributed by atoms with van der Waals surface area (Å²) in [4.78, 5) is 25.6. The van der Waals surface area contributed by atoms with Crippen LogP contribution in [0.2, 0.25) is 0 Å². The normalized spacial score (nSPS) is 23.2. The van der Waals surface area contributed by atoms with Crippen LogP contribution in [0.15, 0.2) is 30.5 Å². The van der Waals surface area contributed by atoms with Gasteiger partial charge in [0, 0.05) is 44.8 Å². The molecule has 2 aliphatic rings. The highest BCUT2D eigenvalue weighted by molar-refractivity contribution is 5.88. The van der Waals surface area contributed by atoms with Crippen molar-refractivity contribution in [3.63, 3.8) is 0 Å². The molecule has 2 fully saturated rings. The number of nitrogens with zero attached hydrogens (tertiary/aromatic N) is 2. The Kier molecular flexibility index (Phi) is 3.80. The van der Waals surface area contributed by atoms with Gasteiger partial charge in [-0.2, -0.15) is 0 Å². The summed E-state index contributed by atoms with van der Waals surface area (Å²) in [5, 5.41) is 13.6. The van der Waals surface area contributed by atoms with E-state index in [4.69, 9.17) is 0 Å². The van der Waals surface area contributed by atoms with Crippen LogP contribution in [-0.4, -0.2) is 45.1 Å². The largest absolute Gasteiger partial charge is 0.481 e. The van der Waals surface area contributed by atoms with E-state index in [1.807, 2.05) is 7.05 Å². The SMILES string of the molecule is Cn1ccc2cc(CN3CCC4(CC3)NC(=O)CC4C(=O)O)ccc21. The highest BCUT2D eigenvalue weighted by Crippen LogP contribution is 2.37. The molecule has 6 heteroatoms. The van der Waals surface area contributed by atoms with Gasteiger partial charge in [0.05, 0.1) is 11.5 Å². The van der Waals surface area contributed by atoms with Gasteiger partial charge in [-0.25, -0.2) is 0 Å². The first kappa shape index (κ1) is 16.1. The lowest BCUT2D eigenvalue weighted by atomic mass is 9.77. The molecule has 6 nitrogen and oxygen atoms in total. The first-order chi connectivity index (χ1) is 12.0. The van der Waals surface area contributed by atoms with E-state index in [0.29, 0.717) is 12.8 Å². The van der Waals surface area contributed by atoms with E-state index in [-0.39, 0.29) is 12.3 Å². The average Bonchev–Trinajstić information content (AvgIpc) is 3.10. The van der Waals surface area contributed by atoms with Gasteiger partial charge < -0.3 is 15.0 Å². The Balaban J connectivity index is 1.44. The summed E-state index contributed by atoms with van der Waals surface area (Å²) in [5.74, 6) is -1.58. The number of aryl methyl sites for hydroxylation is 1. The molecule has 132 valence electrons. The predicted molar refractivity (Wildman–Crippen MR) is 94.0 cm³/mol. The number of carboxylic acid groups (broad SMARTS) is 1.